The molecule has 1 aliphatic heterocycles. The molecule has 5 heteroatoms. The highest BCUT2D eigenvalue weighted by atomic mass is 16.6. The largest absolute Gasteiger partial charge is 0.455 e. The molecule has 3 fully saturated rings. The van der Waals surface area contributed by atoms with Gasteiger partial charge >= 0.3 is 11.9 Å². The number of hydrogen-bond acceptors (Lipinski definition) is 5. The number of hydrogen-bond donors (Lipinski definition) is 0. The lowest BCUT2D eigenvalue weighted by Gasteiger charge is -2.37. The molecule has 2 unspecified atom stereocenters. The number of carbonyl (C=O) groups excluding carboxylic acids is 3. The van der Waals surface area contributed by atoms with Gasteiger partial charge < -0.3 is 9.47 Å². The SMILES string of the molecule is CC(C)(C(=O)COC(=O)C12CCC(C)(C(=O)O1)C2(C)C)C1CCCCC1. The monoisotopic (exact) mass is 364 g/mol. The lowest BCUT2D eigenvalue weighted by Crippen LogP contribution is -2.49. The molecule has 2 aliphatic carbocycles. The van der Waals surface area contributed by atoms with Crippen molar-refractivity contribution in [1.82, 2.24) is 0 Å². The van der Waals surface area contributed by atoms with Crippen LogP contribution in [0.1, 0.15) is 79.6 Å². The zero-order valence-electron chi connectivity index (χ0n) is 16.8. The molecule has 2 saturated carbocycles. The summed E-state index contributed by atoms with van der Waals surface area (Å²) in [5, 5.41) is 0. The Morgan fingerprint density at radius 3 is 2.23 bits per heavy atom. The molecule has 3 rings (SSSR count). The molecule has 2 atom stereocenters. The van der Waals surface area contributed by atoms with Crippen molar-refractivity contribution in [3.8, 4) is 0 Å². The minimum absolute atomic E-state index is 0.0444. The molecule has 2 bridgehead atoms. The van der Waals surface area contributed by atoms with E-state index in [9.17, 15) is 14.4 Å². The zero-order chi connectivity index (χ0) is 19.4. The van der Waals surface area contributed by atoms with Gasteiger partial charge in [0.25, 0.3) is 0 Å². The molecule has 146 valence electrons. The summed E-state index contributed by atoms with van der Waals surface area (Å²) in [6.07, 6.45) is 6.73. The van der Waals surface area contributed by atoms with Crippen LogP contribution in [0, 0.1) is 22.2 Å². The van der Waals surface area contributed by atoms with Crippen molar-refractivity contribution in [1.29, 1.82) is 0 Å². The average Bonchev–Trinajstić information content (AvgIpc) is 2.90. The summed E-state index contributed by atoms with van der Waals surface area (Å²) in [4.78, 5) is 38.0. The number of ketones is 1. The first-order valence-corrected chi connectivity index (χ1v) is 9.93. The smallest absolute Gasteiger partial charge is 0.351 e. The van der Waals surface area contributed by atoms with Crippen molar-refractivity contribution in [2.45, 2.75) is 85.2 Å². The molecule has 0 radical (unpaired) electrons. The van der Waals surface area contributed by atoms with Gasteiger partial charge in [-0.25, -0.2) is 4.79 Å². The van der Waals surface area contributed by atoms with Gasteiger partial charge in [0.2, 0.25) is 5.60 Å². The van der Waals surface area contributed by atoms with Gasteiger partial charge in [0.15, 0.2) is 12.4 Å². The minimum atomic E-state index is -1.26. The van der Waals surface area contributed by atoms with Gasteiger partial charge in [0.05, 0.1) is 5.41 Å². The van der Waals surface area contributed by atoms with Crippen molar-refractivity contribution >= 4 is 17.7 Å². The third-order valence-corrected chi connectivity index (χ3v) is 8.09. The quantitative estimate of drug-likeness (QED) is 0.694. The van der Waals surface area contributed by atoms with Crippen LogP contribution in [0.3, 0.4) is 0 Å². The Hall–Kier alpha value is -1.39. The maximum Gasteiger partial charge on any atom is 0.351 e. The van der Waals surface area contributed by atoms with Crippen LogP contribution >= 0.6 is 0 Å². The van der Waals surface area contributed by atoms with Crippen LogP contribution < -0.4 is 0 Å². The second-order valence-corrected chi connectivity index (χ2v) is 9.73. The van der Waals surface area contributed by atoms with Crippen LogP contribution in [0.25, 0.3) is 0 Å². The third kappa shape index (κ3) is 2.45. The molecule has 0 aromatic carbocycles. The van der Waals surface area contributed by atoms with Gasteiger partial charge in [-0.3, -0.25) is 9.59 Å². The first kappa shape index (κ1) is 19.4. The maximum atomic E-state index is 12.9. The fraction of sp³-hybridized carbons (Fsp3) is 0.857. The van der Waals surface area contributed by atoms with Gasteiger partial charge in [-0.1, -0.05) is 47.0 Å². The first-order valence-electron chi connectivity index (χ1n) is 9.93. The average molecular weight is 364 g/mol. The lowest BCUT2D eigenvalue weighted by molar-refractivity contribution is -0.184. The lowest BCUT2D eigenvalue weighted by atomic mass is 9.66. The fourth-order valence-electron chi connectivity index (χ4n) is 5.19. The Kier molecular flexibility index (Phi) is 4.52. The summed E-state index contributed by atoms with van der Waals surface area (Å²) in [6, 6.07) is 0. The van der Waals surface area contributed by atoms with Gasteiger partial charge in [0.1, 0.15) is 0 Å². The van der Waals surface area contributed by atoms with Crippen LogP contribution in [-0.2, 0) is 23.9 Å². The highest BCUT2D eigenvalue weighted by Crippen LogP contribution is 2.65. The van der Waals surface area contributed by atoms with Crippen LogP contribution in [0.4, 0.5) is 0 Å². The molecule has 1 saturated heterocycles. The normalized spacial score (nSPS) is 33.8. The van der Waals surface area contributed by atoms with E-state index < -0.39 is 27.8 Å². The Labute approximate surface area is 156 Å². The molecular formula is C21H32O5. The number of fused-ring (bicyclic) bond motifs is 2. The van der Waals surface area contributed by atoms with Crippen LogP contribution in [0.15, 0.2) is 0 Å². The number of esters is 2. The molecule has 0 N–H and O–H groups in total. The topological polar surface area (TPSA) is 69.7 Å². The molecule has 3 aliphatic rings. The van der Waals surface area contributed by atoms with Crippen LogP contribution in [-0.4, -0.2) is 29.9 Å². The van der Waals surface area contributed by atoms with E-state index in [2.05, 4.69) is 0 Å². The Balaban J connectivity index is 1.67. The Morgan fingerprint density at radius 1 is 1.12 bits per heavy atom. The van der Waals surface area contributed by atoms with Crippen molar-refractivity contribution < 1.29 is 23.9 Å². The minimum Gasteiger partial charge on any atom is -0.455 e. The third-order valence-electron chi connectivity index (χ3n) is 8.09. The van der Waals surface area contributed by atoms with Gasteiger partial charge in [-0.15, -0.1) is 0 Å². The zero-order valence-corrected chi connectivity index (χ0v) is 16.8. The Morgan fingerprint density at radius 2 is 1.73 bits per heavy atom. The second kappa shape index (κ2) is 6.07. The van der Waals surface area contributed by atoms with E-state index >= 15 is 0 Å². The highest BCUT2D eigenvalue weighted by Gasteiger charge is 2.76. The van der Waals surface area contributed by atoms with Crippen molar-refractivity contribution in [3.63, 3.8) is 0 Å². The predicted molar refractivity (Wildman–Crippen MR) is 96.3 cm³/mol. The van der Waals surface area contributed by atoms with Crippen molar-refractivity contribution in [3.05, 3.63) is 0 Å². The predicted octanol–water partition coefficient (Wildman–Crippen LogP) is 3.83. The van der Waals surface area contributed by atoms with E-state index in [1.807, 2.05) is 34.6 Å². The van der Waals surface area contributed by atoms with Gasteiger partial charge in [-0.2, -0.15) is 0 Å². The van der Waals surface area contributed by atoms with E-state index in [-0.39, 0.29) is 18.4 Å². The maximum absolute atomic E-state index is 12.9. The molecule has 26 heavy (non-hydrogen) atoms. The molecular weight excluding hydrogens is 332 g/mol. The van der Waals surface area contributed by atoms with E-state index in [0.29, 0.717) is 18.8 Å². The number of ether oxygens (including phenoxy) is 2. The van der Waals surface area contributed by atoms with Crippen molar-refractivity contribution in [2.75, 3.05) is 6.61 Å². The first-order chi connectivity index (χ1) is 12.0. The summed E-state index contributed by atoms with van der Waals surface area (Å²) >= 11 is 0. The number of rotatable bonds is 5. The van der Waals surface area contributed by atoms with E-state index in [0.717, 1.165) is 25.7 Å². The van der Waals surface area contributed by atoms with Crippen molar-refractivity contribution in [2.24, 2.45) is 22.2 Å². The van der Waals surface area contributed by atoms with Gasteiger partial charge in [0, 0.05) is 10.8 Å². The molecule has 0 spiro atoms. The summed E-state index contributed by atoms with van der Waals surface area (Å²) in [5.74, 6) is -0.599. The van der Waals surface area contributed by atoms with E-state index in [4.69, 9.17) is 9.47 Å². The number of carbonyl (C=O) groups is 3. The summed E-state index contributed by atoms with van der Waals surface area (Å²) < 4.78 is 11.0. The van der Waals surface area contributed by atoms with Gasteiger partial charge in [-0.05, 0) is 38.5 Å². The molecule has 5 nitrogen and oxygen atoms in total. The van der Waals surface area contributed by atoms with Crippen LogP contribution in [0.5, 0.6) is 0 Å². The van der Waals surface area contributed by atoms with Crippen LogP contribution in [0.2, 0.25) is 0 Å². The summed E-state index contributed by atoms with van der Waals surface area (Å²) in [5.41, 5.74) is -3.06. The highest BCUT2D eigenvalue weighted by molar-refractivity contribution is 5.95. The second-order valence-electron chi connectivity index (χ2n) is 9.73. The summed E-state index contributed by atoms with van der Waals surface area (Å²) in [6.45, 7) is 9.32. The molecule has 1 heterocycles. The molecule has 0 aromatic rings. The Bertz CT molecular complexity index is 628. The number of Topliss-reactive ketones (excluding diaryl/α,β-unsaturated/α-hetero) is 1. The molecule has 0 amide bonds. The summed E-state index contributed by atoms with van der Waals surface area (Å²) in [7, 11) is 0. The fourth-order valence-corrected chi connectivity index (χ4v) is 5.19. The van der Waals surface area contributed by atoms with E-state index in [1.54, 1.807) is 0 Å². The standard InChI is InChI=1S/C21H32O5/c1-18(2,14-9-7-6-8-10-14)15(22)13-25-17(24)21-12-11-20(5,16(23)26-21)19(21,3)4/h14H,6-13H2,1-5H3. The molecule has 0 aromatic heterocycles. The van der Waals surface area contributed by atoms with E-state index in [1.165, 1.54) is 6.42 Å².